The minimum Gasteiger partial charge on any atom is -0.493 e. The van der Waals surface area contributed by atoms with E-state index in [-0.39, 0.29) is 11.3 Å². The fourth-order valence-electron chi connectivity index (χ4n) is 0.892. The number of aliphatic carboxylic acids is 1. The molecule has 0 aliphatic heterocycles. The first-order chi connectivity index (χ1) is 7.41. The standard InChI is InChI=1S/C8H7N3O5/c9-5(12)4-1-3(2-10-6(4)13)11-7(14)8(15)16/h1-2H,(H2,9,12)(H,10,13)(H,11,14)(H,15,16). The minimum atomic E-state index is -1.69. The number of rotatable bonds is 2. The van der Waals surface area contributed by atoms with E-state index in [1.165, 1.54) is 0 Å². The van der Waals surface area contributed by atoms with E-state index >= 15 is 0 Å². The molecule has 1 aromatic heterocycles. The molecule has 0 aromatic carbocycles. The molecule has 0 aliphatic carbocycles. The van der Waals surface area contributed by atoms with Crippen LogP contribution in [0.3, 0.4) is 0 Å². The number of pyridine rings is 1. The molecule has 8 nitrogen and oxygen atoms in total. The lowest BCUT2D eigenvalue weighted by Gasteiger charge is -2.04. The summed E-state index contributed by atoms with van der Waals surface area (Å²) in [6.07, 6.45) is 0.989. The molecule has 84 valence electrons. The molecular weight excluding hydrogens is 218 g/mol. The third kappa shape index (κ3) is 2.44. The van der Waals surface area contributed by atoms with E-state index < -0.39 is 23.7 Å². The van der Waals surface area contributed by atoms with Crippen LogP contribution in [0, 0.1) is 0 Å². The van der Waals surface area contributed by atoms with Crippen molar-refractivity contribution < 1.29 is 24.6 Å². The van der Waals surface area contributed by atoms with Crippen molar-refractivity contribution in [3.8, 4) is 5.88 Å². The van der Waals surface area contributed by atoms with Crippen LogP contribution in [-0.2, 0) is 9.59 Å². The van der Waals surface area contributed by atoms with Crippen molar-refractivity contribution in [2.45, 2.75) is 0 Å². The number of nitrogens with two attached hydrogens (primary N) is 1. The maximum absolute atomic E-state index is 10.8. The molecule has 0 spiro atoms. The van der Waals surface area contributed by atoms with Crippen LogP contribution >= 0.6 is 0 Å². The molecule has 0 saturated heterocycles. The second kappa shape index (κ2) is 4.26. The number of hydrogen-bond acceptors (Lipinski definition) is 5. The van der Waals surface area contributed by atoms with Crippen LogP contribution in [0.25, 0.3) is 0 Å². The zero-order valence-corrected chi connectivity index (χ0v) is 7.80. The molecule has 0 atom stereocenters. The van der Waals surface area contributed by atoms with Crippen LogP contribution in [-0.4, -0.2) is 33.0 Å². The molecule has 1 rings (SSSR count). The first-order valence-corrected chi connectivity index (χ1v) is 3.95. The average molecular weight is 225 g/mol. The second-order valence-corrected chi connectivity index (χ2v) is 2.72. The highest BCUT2D eigenvalue weighted by atomic mass is 16.4. The Hall–Kier alpha value is -2.64. The number of carbonyl (C=O) groups excluding carboxylic acids is 2. The summed E-state index contributed by atoms with van der Waals surface area (Å²) in [5, 5.41) is 19.4. The molecule has 0 fully saturated rings. The molecule has 0 unspecified atom stereocenters. The summed E-state index contributed by atoms with van der Waals surface area (Å²) in [5.74, 6) is -4.52. The molecule has 0 saturated carbocycles. The van der Waals surface area contributed by atoms with Gasteiger partial charge in [0.05, 0.1) is 11.9 Å². The third-order valence-electron chi connectivity index (χ3n) is 1.58. The number of carboxylic acids is 1. The topological polar surface area (TPSA) is 143 Å². The molecule has 1 heterocycles. The van der Waals surface area contributed by atoms with Gasteiger partial charge in [-0.1, -0.05) is 0 Å². The number of primary amides is 1. The van der Waals surface area contributed by atoms with Crippen LogP contribution in [0.5, 0.6) is 5.88 Å². The first-order valence-electron chi connectivity index (χ1n) is 3.95. The fraction of sp³-hybridized carbons (Fsp3) is 0. The first kappa shape index (κ1) is 11.4. The summed E-state index contributed by atoms with van der Waals surface area (Å²) in [6.45, 7) is 0. The molecule has 0 radical (unpaired) electrons. The van der Waals surface area contributed by atoms with Crippen molar-refractivity contribution in [1.82, 2.24) is 4.98 Å². The fourth-order valence-corrected chi connectivity index (χ4v) is 0.892. The minimum absolute atomic E-state index is 0.0565. The van der Waals surface area contributed by atoms with Gasteiger partial charge < -0.3 is 21.3 Å². The number of nitrogens with zero attached hydrogens (tertiary/aromatic N) is 1. The van der Waals surface area contributed by atoms with E-state index in [1.54, 1.807) is 0 Å². The summed E-state index contributed by atoms with van der Waals surface area (Å²) in [6, 6.07) is 1.02. The number of aromatic hydroxyl groups is 1. The number of amides is 2. The second-order valence-electron chi connectivity index (χ2n) is 2.72. The molecule has 2 amide bonds. The normalized spacial score (nSPS) is 9.50. The molecule has 16 heavy (non-hydrogen) atoms. The Bertz CT molecular complexity index is 471. The lowest BCUT2D eigenvalue weighted by atomic mass is 10.2. The Morgan fingerprint density at radius 2 is 2.00 bits per heavy atom. The Morgan fingerprint density at radius 3 is 2.50 bits per heavy atom. The zero-order valence-electron chi connectivity index (χ0n) is 7.80. The van der Waals surface area contributed by atoms with Gasteiger partial charge in [-0.3, -0.25) is 9.59 Å². The molecule has 1 aromatic rings. The van der Waals surface area contributed by atoms with Gasteiger partial charge in [-0.15, -0.1) is 0 Å². The van der Waals surface area contributed by atoms with Crippen LogP contribution in [0.2, 0.25) is 0 Å². The molecular formula is C8H7N3O5. The largest absolute Gasteiger partial charge is 0.493 e. The highest BCUT2D eigenvalue weighted by Crippen LogP contribution is 2.17. The highest BCUT2D eigenvalue weighted by Gasteiger charge is 2.14. The quantitative estimate of drug-likeness (QED) is 0.471. The van der Waals surface area contributed by atoms with Gasteiger partial charge in [-0.05, 0) is 6.07 Å². The van der Waals surface area contributed by atoms with Crippen LogP contribution in [0.15, 0.2) is 12.3 Å². The van der Waals surface area contributed by atoms with Crippen molar-refractivity contribution >= 4 is 23.5 Å². The Labute approximate surface area is 88.7 Å². The van der Waals surface area contributed by atoms with Crippen LogP contribution in [0.4, 0.5) is 5.69 Å². The summed E-state index contributed by atoms with van der Waals surface area (Å²) >= 11 is 0. The third-order valence-corrected chi connectivity index (χ3v) is 1.58. The Balaban J connectivity index is 3.00. The van der Waals surface area contributed by atoms with E-state index in [0.29, 0.717) is 0 Å². The van der Waals surface area contributed by atoms with Gasteiger partial charge in [0, 0.05) is 0 Å². The van der Waals surface area contributed by atoms with Crippen molar-refractivity contribution in [2.24, 2.45) is 5.73 Å². The van der Waals surface area contributed by atoms with E-state index in [1.807, 2.05) is 5.32 Å². The van der Waals surface area contributed by atoms with Gasteiger partial charge in [-0.25, -0.2) is 9.78 Å². The zero-order chi connectivity index (χ0) is 12.3. The number of carboxylic acid groups (broad SMARTS) is 1. The van der Waals surface area contributed by atoms with Crippen molar-refractivity contribution in [2.75, 3.05) is 5.32 Å². The van der Waals surface area contributed by atoms with E-state index in [9.17, 15) is 14.4 Å². The maximum Gasteiger partial charge on any atom is 0.394 e. The van der Waals surface area contributed by atoms with Crippen molar-refractivity contribution in [3.05, 3.63) is 17.8 Å². The number of nitrogens with one attached hydrogen (secondary N) is 1. The Kier molecular flexibility index (Phi) is 3.04. The maximum atomic E-state index is 10.8. The number of aromatic nitrogens is 1. The van der Waals surface area contributed by atoms with Crippen molar-refractivity contribution in [1.29, 1.82) is 0 Å². The number of anilines is 1. The predicted octanol–water partition coefficient (Wildman–Crippen LogP) is -1.09. The van der Waals surface area contributed by atoms with E-state index in [0.717, 1.165) is 12.3 Å². The van der Waals surface area contributed by atoms with Gasteiger partial charge in [0.1, 0.15) is 5.56 Å². The molecule has 0 bridgehead atoms. The van der Waals surface area contributed by atoms with Gasteiger partial charge in [0.15, 0.2) is 0 Å². The molecule has 5 N–H and O–H groups in total. The number of carbonyl (C=O) groups is 3. The van der Waals surface area contributed by atoms with Gasteiger partial charge >= 0.3 is 11.9 Å². The number of hydrogen-bond donors (Lipinski definition) is 4. The van der Waals surface area contributed by atoms with E-state index in [4.69, 9.17) is 15.9 Å². The summed E-state index contributed by atoms with van der Waals surface area (Å²) in [4.78, 5) is 35.1. The lowest BCUT2D eigenvalue weighted by molar-refractivity contribution is -0.147. The van der Waals surface area contributed by atoms with Crippen molar-refractivity contribution in [3.63, 3.8) is 0 Å². The molecule has 8 heteroatoms. The van der Waals surface area contributed by atoms with Gasteiger partial charge in [0.2, 0.25) is 5.88 Å². The average Bonchev–Trinajstić information content (AvgIpc) is 2.20. The summed E-state index contributed by atoms with van der Waals surface area (Å²) < 4.78 is 0. The summed E-state index contributed by atoms with van der Waals surface area (Å²) in [7, 11) is 0. The van der Waals surface area contributed by atoms with Crippen LogP contribution in [0.1, 0.15) is 10.4 Å². The monoisotopic (exact) mass is 225 g/mol. The van der Waals surface area contributed by atoms with Gasteiger partial charge in [-0.2, -0.15) is 0 Å². The smallest absolute Gasteiger partial charge is 0.394 e. The predicted molar refractivity (Wildman–Crippen MR) is 50.7 cm³/mol. The molecule has 0 aliphatic rings. The highest BCUT2D eigenvalue weighted by molar-refractivity contribution is 6.36. The SMILES string of the molecule is NC(=O)c1cc(NC(=O)C(=O)O)cnc1O. The lowest BCUT2D eigenvalue weighted by Crippen LogP contribution is -2.22. The van der Waals surface area contributed by atoms with Gasteiger partial charge in [0.25, 0.3) is 5.91 Å². The van der Waals surface area contributed by atoms with Crippen LogP contribution < -0.4 is 11.1 Å². The summed E-state index contributed by atoms with van der Waals surface area (Å²) in [5.41, 5.74) is 4.53. The van der Waals surface area contributed by atoms with E-state index in [2.05, 4.69) is 4.98 Å². The Morgan fingerprint density at radius 1 is 1.38 bits per heavy atom.